The van der Waals surface area contributed by atoms with Crippen LogP contribution in [0.15, 0.2) is 0 Å². The van der Waals surface area contributed by atoms with Gasteiger partial charge in [-0.2, -0.15) is 0 Å². The summed E-state index contributed by atoms with van der Waals surface area (Å²) in [5.74, 6) is 0. The van der Waals surface area contributed by atoms with Crippen molar-refractivity contribution in [2.75, 3.05) is 0 Å². The van der Waals surface area contributed by atoms with Crippen molar-refractivity contribution >= 4 is 0 Å². The minimum Gasteiger partial charge on any atom is -0.390 e. The molecule has 0 spiro atoms. The van der Waals surface area contributed by atoms with Gasteiger partial charge in [0.05, 0.1) is 12.2 Å². The highest BCUT2D eigenvalue weighted by Gasteiger charge is 2.43. The van der Waals surface area contributed by atoms with Gasteiger partial charge in [0.25, 0.3) is 0 Å². The molecule has 0 saturated heterocycles. The molecule has 3 heteroatoms. The van der Waals surface area contributed by atoms with Gasteiger partial charge in [-0.25, -0.2) is 0 Å². The summed E-state index contributed by atoms with van der Waals surface area (Å²) >= 11 is 0. The topological polar surface area (TPSA) is 60.7 Å². The molecule has 0 bridgehead atoms. The third-order valence-corrected chi connectivity index (χ3v) is 2.06. The molecular formula is C6H12O3. The summed E-state index contributed by atoms with van der Waals surface area (Å²) in [4.78, 5) is 0. The smallest absolute Gasteiger partial charge is 0.113 e. The molecule has 0 radical (unpaired) electrons. The Bertz CT molecular complexity index is 98.9. The van der Waals surface area contributed by atoms with Gasteiger partial charge in [0.1, 0.15) is 5.60 Å². The minimum absolute atomic E-state index is 0.494. The molecule has 1 fully saturated rings. The molecule has 2 unspecified atom stereocenters. The average molecular weight is 132 g/mol. The molecule has 0 heterocycles. The van der Waals surface area contributed by atoms with Crippen LogP contribution in [-0.2, 0) is 0 Å². The van der Waals surface area contributed by atoms with E-state index in [0.717, 1.165) is 0 Å². The van der Waals surface area contributed by atoms with Crippen LogP contribution in [0.3, 0.4) is 0 Å². The number of aliphatic hydroxyl groups is 3. The number of hydrogen-bond donors (Lipinski definition) is 3. The maximum atomic E-state index is 9.23. The fraction of sp³-hybridized carbons (Fsp3) is 1.00. The summed E-state index contributed by atoms with van der Waals surface area (Å²) in [5.41, 5.74) is -1.28. The zero-order valence-corrected chi connectivity index (χ0v) is 5.41. The Kier molecular flexibility index (Phi) is 1.50. The molecule has 9 heavy (non-hydrogen) atoms. The standard InChI is InChI=1S/C6H12O3/c1-6(9)4(7)2-3-5(6)8/h4-5,7-9H,2-3H2,1H3. The molecule has 54 valence electrons. The van der Waals surface area contributed by atoms with Crippen LogP contribution in [0.25, 0.3) is 0 Å². The van der Waals surface area contributed by atoms with Crippen molar-refractivity contribution in [2.24, 2.45) is 0 Å². The summed E-state index contributed by atoms with van der Waals surface area (Å²) in [5, 5.41) is 27.3. The molecule has 1 saturated carbocycles. The van der Waals surface area contributed by atoms with E-state index in [4.69, 9.17) is 10.2 Å². The van der Waals surface area contributed by atoms with Crippen LogP contribution >= 0.6 is 0 Å². The largest absolute Gasteiger partial charge is 0.390 e. The fourth-order valence-electron chi connectivity index (χ4n) is 1.12. The third kappa shape index (κ3) is 0.956. The zero-order valence-electron chi connectivity index (χ0n) is 5.41. The van der Waals surface area contributed by atoms with E-state index in [2.05, 4.69) is 0 Å². The Labute approximate surface area is 53.9 Å². The van der Waals surface area contributed by atoms with Crippen molar-refractivity contribution in [1.29, 1.82) is 0 Å². The van der Waals surface area contributed by atoms with E-state index in [-0.39, 0.29) is 0 Å². The Morgan fingerprint density at radius 2 is 1.56 bits per heavy atom. The lowest BCUT2D eigenvalue weighted by Gasteiger charge is -2.24. The van der Waals surface area contributed by atoms with Crippen molar-refractivity contribution < 1.29 is 15.3 Å². The van der Waals surface area contributed by atoms with Crippen LogP contribution in [0.5, 0.6) is 0 Å². The summed E-state index contributed by atoms with van der Waals surface area (Å²) in [6.07, 6.45) is -0.525. The Balaban J connectivity index is 2.66. The molecule has 3 N–H and O–H groups in total. The van der Waals surface area contributed by atoms with Gasteiger partial charge in [-0.3, -0.25) is 0 Å². The lowest BCUT2D eigenvalue weighted by Crippen LogP contribution is -2.42. The second-order valence-electron chi connectivity index (χ2n) is 2.83. The van der Waals surface area contributed by atoms with Crippen molar-refractivity contribution in [2.45, 2.75) is 37.6 Å². The van der Waals surface area contributed by atoms with Gasteiger partial charge < -0.3 is 15.3 Å². The predicted molar refractivity (Wildman–Crippen MR) is 31.9 cm³/mol. The Morgan fingerprint density at radius 1 is 1.22 bits per heavy atom. The maximum Gasteiger partial charge on any atom is 0.113 e. The average Bonchev–Trinajstić information content (AvgIpc) is 1.96. The van der Waals surface area contributed by atoms with E-state index in [1.165, 1.54) is 6.92 Å². The first-order valence-corrected chi connectivity index (χ1v) is 3.13. The SMILES string of the molecule is CC1(O)C(O)CCC1O. The second kappa shape index (κ2) is 1.94. The third-order valence-electron chi connectivity index (χ3n) is 2.06. The predicted octanol–water partition coefficient (Wildman–Crippen LogP) is -0.747. The lowest BCUT2D eigenvalue weighted by atomic mass is 10.0. The van der Waals surface area contributed by atoms with Crippen LogP contribution in [0.1, 0.15) is 19.8 Å². The first-order valence-electron chi connectivity index (χ1n) is 3.13. The molecule has 3 nitrogen and oxygen atoms in total. The van der Waals surface area contributed by atoms with Gasteiger partial charge in [-0.05, 0) is 19.8 Å². The van der Waals surface area contributed by atoms with E-state index in [1.807, 2.05) is 0 Å². The monoisotopic (exact) mass is 132 g/mol. The van der Waals surface area contributed by atoms with Crippen LogP contribution in [0, 0.1) is 0 Å². The maximum absolute atomic E-state index is 9.23. The fourth-order valence-corrected chi connectivity index (χ4v) is 1.12. The zero-order chi connectivity index (χ0) is 7.07. The Hall–Kier alpha value is -0.120. The van der Waals surface area contributed by atoms with Crippen LogP contribution < -0.4 is 0 Å². The first kappa shape index (κ1) is 6.99. The van der Waals surface area contributed by atoms with Gasteiger partial charge in [0, 0.05) is 0 Å². The second-order valence-corrected chi connectivity index (χ2v) is 2.83. The van der Waals surface area contributed by atoms with E-state index in [1.54, 1.807) is 0 Å². The highest BCUT2D eigenvalue weighted by atomic mass is 16.4. The van der Waals surface area contributed by atoms with E-state index in [0.29, 0.717) is 12.8 Å². The van der Waals surface area contributed by atoms with E-state index in [9.17, 15) is 5.11 Å². The van der Waals surface area contributed by atoms with Crippen molar-refractivity contribution in [3.05, 3.63) is 0 Å². The first-order chi connectivity index (χ1) is 4.05. The van der Waals surface area contributed by atoms with Gasteiger partial charge in [0.15, 0.2) is 0 Å². The summed E-state index contributed by atoms with van der Waals surface area (Å²) in [7, 11) is 0. The van der Waals surface area contributed by atoms with Gasteiger partial charge >= 0.3 is 0 Å². The number of rotatable bonds is 0. The van der Waals surface area contributed by atoms with Gasteiger partial charge in [-0.15, -0.1) is 0 Å². The summed E-state index contributed by atoms with van der Waals surface area (Å²) < 4.78 is 0. The lowest BCUT2D eigenvalue weighted by molar-refractivity contribution is -0.0981. The summed E-state index contributed by atoms with van der Waals surface area (Å²) in [6, 6.07) is 0. The molecule has 0 aromatic rings. The van der Waals surface area contributed by atoms with Crippen LogP contribution in [0.4, 0.5) is 0 Å². The molecule has 2 atom stereocenters. The molecule has 0 aromatic heterocycles. The van der Waals surface area contributed by atoms with Gasteiger partial charge in [-0.1, -0.05) is 0 Å². The Morgan fingerprint density at radius 3 is 1.67 bits per heavy atom. The highest BCUT2D eigenvalue weighted by molar-refractivity contribution is 4.95. The van der Waals surface area contributed by atoms with Crippen LogP contribution in [-0.4, -0.2) is 33.1 Å². The van der Waals surface area contributed by atoms with E-state index < -0.39 is 17.8 Å². The molecule has 0 amide bonds. The van der Waals surface area contributed by atoms with E-state index >= 15 is 0 Å². The summed E-state index contributed by atoms with van der Waals surface area (Å²) in [6.45, 7) is 1.45. The van der Waals surface area contributed by atoms with Crippen LogP contribution in [0.2, 0.25) is 0 Å². The minimum atomic E-state index is -1.28. The molecular weight excluding hydrogens is 120 g/mol. The molecule has 1 rings (SSSR count). The molecule has 1 aliphatic rings. The molecule has 0 aliphatic heterocycles. The van der Waals surface area contributed by atoms with Crippen molar-refractivity contribution in [1.82, 2.24) is 0 Å². The number of aliphatic hydroxyl groups excluding tert-OH is 2. The molecule has 1 aliphatic carbocycles. The van der Waals surface area contributed by atoms with Gasteiger partial charge in [0.2, 0.25) is 0 Å². The highest BCUT2D eigenvalue weighted by Crippen LogP contribution is 2.29. The molecule has 0 aromatic carbocycles. The van der Waals surface area contributed by atoms with Crippen molar-refractivity contribution in [3.63, 3.8) is 0 Å². The normalized spacial score (nSPS) is 52.0. The number of hydrogen-bond acceptors (Lipinski definition) is 3. The van der Waals surface area contributed by atoms with Crippen molar-refractivity contribution in [3.8, 4) is 0 Å². The quantitative estimate of drug-likeness (QED) is 0.406.